The number of hydrogen-bond acceptors (Lipinski definition) is 2. The van der Waals surface area contributed by atoms with Crippen LogP contribution in [0, 0.1) is 6.92 Å². The predicted octanol–water partition coefficient (Wildman–Crippen LogP) is 2.40. The highest BCUT2D eigenvalue weighted by atomic mass is 15.0. The maximum Gasteiger partial charge on any atom is 0.00849 e. The lowest BCUT2D eigenvalue weighted by molar-refractivity contribution is 0.444. The summed E-state index contributed by atoms with van der Waals surface area (Å²) in [6.07, 6.45) is 4.65. The summed E-state index contributed by atoms with van der Waals surface area (Å²) < 4.78 is 0. The summed E-state index contributed by atoms with van der Waals surface area (Å²) in [5.41, 5.74) is 8.67. The fourth-order valence-electron chi connectivity index (χ4n) is 2.71. The van der Waals surface area contributed by atoms with Gasteiger partial charge in [0, 0.05) is 18.1 Å². The van der Waals surface area contributed by atoms with Gasteiger partial charge in [-0.2, -0.15) is 0 Å². The Kier molecular flexibility index (Phi) is 4.19. The van der Waals surface area contributed by atoms with Crippen molar-refractivity contribution in [1.82, 2.24) is 5.32 Å². The summed E-state index contributed by atoms with van der Waals surface area (Å²) in [5.74, 6) is 0. The van der Waals surface area contributed by atoms with Gasteiger partial charge in [0.25, 0.3) is 0 Å². The van der Waals surface area contributed by atoms with Gasteiger partial charge in [-0.15, -0.1) is 0 Å². The molecule has 1 unspecified atom stereocenters. The van der Waals surface area contributed by atoms with Gasteiger partial charge >= 0.3 is 0 Å². The molecule has 1 fully saturated rings. The summed E-state index contributed by atoms with van der Waals surface area (Å²) in [5, 5.41) is 3.69. The number of aryl methyl sites for hydroxylation is 1. The van der Waals surface area contributed by atoms with E-state index in [1.54, 1.807) is 0 Å². The standard InChI is InChI=1S/C15H24N2/c1-11-3-5-13(6-4-11)9-12(2)17-15-8-7-14(16)10-15/h3-6,12,14-15,17H,7-10,16H2,1-2H3/t12?,14-,15-/m0/s1. The molecule has 0 heterocycles. The first-order valence-electron chi connectivity index (χ1n) is 6.70. The van der Waals surface area contributed by atoms with Gasteiger partial charge in [0.2, 0.25) is 0 Å². The lowest BCUT2D eigenvalue weighted by Crippen LogP contribution is -2.37. The highest BCUT2D eigenvalue weighted by Crippen LogP contribution is 2.18. The highest BCUT2D eigenvalue weighted by Gasteiger charge is 2.22. The summed E-state index contributed by atoms with van der Waals surface area (Å²) in [4.78, 5) is 0. The third-order valence-corrected chi connectivity index (χ3v) is 3.66. The molecular weight excluding hydrogens is 208 g/mol. The van der Waals surface area contributed by atoms with Crippen LogP contribution in [0.25, 0.3) is 0 Å². The Morgan fingerprint density at radius 3 is 2.59 bits per heavy atom. The van der Waals surface area contributed by atoms with E-state index in [9.17, 15) is 0 Å². The van der Waals surface area contributed by atoms with Crippen molar-refractivity contribution in [2.45, 2.75) is 57.7 Å². The van der Waals surface area contributed by atoms with Gasteiger partial charge in [-0.3, -0.25) is 0 Å². The molecule has 3 atom stereocenters. The van der Waals surface area contributed by atoms with Crippen molar-refractivity contribution >= 4 is 0 Å². The van der Waals surface area contributed by atoms with E-state index in [1.807, 2.05) is 0 Å². The van der Waals surface area contributed by atoms with Crippen LogP contribution in [0.15, 0.2) is 24.3 Å². The van der Waals surface area contributed by atoms with E-state index >= 15 is 0 Å². The topological polar surface area (TPSA) is 38.0 Å². The van der Waals surface area contributed by atoms with Crippen LogP contribution in [0.1, 0.15) is 37.3 Å². The van der Waals surface area contributed by atoms with E-state index in [1.165, 1.54) is 24.0 Å². The molecule has 2 rings (SSSR count). The van der Waals surface area contributed by atoms with Crippen molar-refractivity contribution in [3.05, 3.63) is 35.4 Å². The van der Waals surface area contributed by atoms with Gasteiger partial charge in [0.05, 0.1) is 0 Å². The van der Waals surface area contributed by atoms with Gasteiger partial charge in [0.15, 0.2) is 0 Å². The van der Waals surface area contributed by atoms with Crippen LogP contribution in [-0.2, 0) is 6.42 Å². The maximum atomic E-state index is 5.93. The number of nitrogens with one attached hydrogen (secondary N) is 1. The molecule has 1 aliphatic carbocycles. The molecule has 2 nitrogen and oxygen atoms in total. The van der Waals surface area contributed by atoms with E-state index < -0.39 is 0 Å². The molecule has 0 amide bonds. The lowest BCUT2D eigenvalue weighted by Gasteiger charge is -2.19. The van der Waals surface area contributed by atoms with Gasteiger partial charge in [0.1, 0.15) is 0 Å². The summed E-state index contributed by atoms with van der Waals surface area (Å²) in [6, 6.07) is 10.4. The molecule has 1 saturated carbocycles. The van der Waals surface area contributed by atoms with Crippen molar-refractivity contribution < 1.29 is 0 Å². The Balaban J connectivity index is 1.80. The zero-order chi connectivity index (χ0) is 12.3. The van der Waals surface area contributed by atoms with Crippen LogP contribution in [-0.4, -0.2) is 18.1 Å². The molecule has 0 spiro atoms. The lowest BCUT2D eigenvalue weighted by atomic mass is 10.0. The Morgan fingerprint density at radius 1 is 1.29 bits per heavy atom. The zero-order valence-electron chi connectivity index (χ0n) is 10.9. The van der Waals surface area contributed by atoms with Crippen LogP contribution in [0.3, 0.4) is 0 Å². The zero-order valence-corrected chi connectivity index (χ0v) is 10.9. The second-order valence-electron chi connectivity index (χ2n) is 5.53. The number of benzene rings is 1. The van der Waals surface area contributed by atoms with Crippen molar-refractivity contribution in [2.24, 2.45) is 5.73 Å². The first kappa shape index (κ1) is 12.6. The van der Waals surface area contributed by atoms with Crippen molar-refractivity contribution in [2.75, 3.05) is 0 Å². The molecule has 0 radical (unpaired) electrons. The third kappa shape index (κ3) is 3.83. The van der Waals surface area contributed by atoms with E-state index in [-0.39, 0.29) is 0 Å². The quantitative estimate of drug-likeness (QED) is 0.836. The largest absolute Gasteiger partial charge is 0.328 e. The summed E-state index contributed by atoms with van der Waals surface area (Å²) in [7, 11) is 0. The molecule has 94 valence electrons. The molecule has 0 saturated heterocycles. The predicted molar refractivity (Wildman–Crippen MR) is 73.1 cm³/mol. The Bertz CT molecular complexity index is 344. The summed E-state index contributed by atoms with van der Waals surface area (Å²) >= 11 is 0. The van der Waals surface area contributed by atoms with Crippen LogP contribution >= 0.6 is 0 Å². The molecule has 1 aromatic rings. The minimum atomic E-state index is 0.416. The fourth-order valence-corrected chi connectivity index (χ4v) is 2.71. The van der Waals surface area contributed by atoms with Crippen LogP contribution in [0.5, 0.6) is 0 Å². The number of nitrogens with two attached hydrogens (primary N) is 1. The monoisotopic (exact) mass is 232 g/mol. The first-order chi connectivity index (χ1) is 8.13. The molecule has 0 bridgehead atoms. The molecule has 2 heteroatoms. The molecular formula is C15H24N2. The molecule has 0 aliphatic heterocycles. The SMILES string of the molecule is Cc1ccc(CC(C)N[C@H]2CC[C@H](N)C2)cc1. The second-order valence-corrected chi connectivity index (χ2v) is 5.53. The minimum Gasteiger partial charge on any atom is -0.328 e. The third-order valence-electron chi connectivity index (χ3n) is 3.66. The molecule has 3 N–H and O–H groups in total. The Morgan fingerprint density at radius 2 is 2.00 bits per heavy atom. The number of hydrogen-bond donors (Lipinski definition) is 2. The van der Waals surface area contributed by atoms with E-state index in [0.717, 1.165) is 12.8 Å². The van der Waals surface area contributed by atoms with E-state index in [0.29, 0.717) is 18.1 Å². The van der Waals surface area contributed by atoms with E-state index in [4.69, 9.17) is 5.73 Å². The minimum absolute atomic E-state index is 0.416. The molecule has 0 aromatic heterocycles. The molecule has 17 heavy (non-hydrogen) atoms. The van der Waals surface area contributed by atoms with Crippen molar-refractivity contribution in [1.29, 1.82) is 0 Å². The van der Waals surface area contributed by atoms with Crippen LogP contribution in [0.2, 0.25) is 0 Å². The average molecular weight is 232 g/mol. The van der Waals surface area contributed by atoms with Gasteiger partial charge in [-0.05, 0) is 45.1 Å². The van der Waals surface area contributed by atoms with Crippen LogP contribution < -0.4 is 11.1 Å². The summed E-state index contributed by atoms with van der Waals surface area (Å²) in [6.45, 7) is 4.40. The fraction of sp³-hybridized carbons (Fsp3) is 0.600. The smallest absolute Gasteiger partial charge is 0.00849 e. The van der Waals surface area contributed by atoms with Gasteiger partial charge < -0.3 is 11.1 Å². The molecule has 1 aliphatic rings. The normalized spacial score (nSPS) is 26.1. The first-order valence-corrected chi connectivity index (χ1v) is 6.70. The van der Waals surface area contributed by atoms with Crippen LogP contribution in [0.4, 0.5) is 0 Å². The Labute approximate surface area is 105 Å². The second kappa shape index (κ2) is 5.65. The highest BCUT2D eigenvalue weighted by molar-refractivity contribution is 5.22. The van der Waals surface area contributed by atoms with E-state index in [2.05, 4.69) is 43.4 Å². The average Bonchev–Trinajstić information content (AvgIpc) is 2.67. The number of rotatable bonds is 4. The van der Waals surface area contributed by atoms with Gasteiger partial charge in [-0.25, -0.2) is 0 Å². The maximum absolute atomic E-state index is 5.93. The van der Waals surface area contributed by atoms with Crippen molar-refractivity contribution in [3.63, 3.8) is 0 Å². The Hall–Kier alpha value is -0.860. The van der Waals surface area contributed by atoms with Crippen molar-refractivity contribution in [3.8, 4) is 0 Å². The van der Waals surface area contributed by atoms with Gasteiger partial charge in [-0.1, -0.05) is 29.8 Å². The molecule has 1 aromatic carbocycles.